The lowest BCUT2D eigenvalue weighted by molar-refractivity contribution is -0.394. The van der Waals surface area contributed by atoms with Crippen molar-refractivity contribution in [1.29, 1.82) is 0 Å². The first-order valence-electron chi connectivity index (χ1n) is 5.70. The van der Waals surface area contributed by atoms with Crippen LogP contribution in [0, 0.1) is 20.2 Å². The summed E-state index contributed by atoms with van der Waals surface area (Å²) in [4.78, 5) is 36.1. The van der Waals surface area contributed by atoms with Crippen LogP contribution in [0.5, 0.6) is 0 Å². The predicted molar refractivity (Wildman–Crippen MR) is 65.5 cm³/mol. The summed E-state index contributed by atoms with van der Waals surface area (Å²) in [6, 6.07) is -0.109. The Morgan fingerprint density at radius 2 is 2.10 bits per heavy atom. The number of aliphatic carboxylic acids is 1. The summed E-state index contributed by atoms with van der Waals surface area (Å²) >= 11 is 0. The quantitative estimate of drug-likeness (QED) is 0.635. The number of carboxylic acid groups (broad SMARTS) is 1. The number of pyridine rings is 1. The van der Waals surface area contributed by atoms with Crippen molar-refractivity contribution < 1.29 is 19.7 Å². The van der Waals surface area contributed by atoms with E-state index in [2.05, 4.69) is 4.98 Å². The zero-order chi connectivity index (χ0) is 14.9. The Labute approximate surface area is 111 Å². The topological polar surface area (TPSA) is 140 Å². The number of carboxylic acids is 1. The SMILES string of the molecule is O=C(O)C1CCCN1c1ncc([N+](=O)[O-])cc1[N+](=O)[O-]. The van der Waals surface area contributed by atoms with Gasteiger partial charge in [0, 0.05) is 6.54 Å². The first-order chi connectivity index (χ1) is 9.41. The lowest BCUT2D eigenvalue weighted by atomic mass is 10.2. The molecule has 1 unspecified atom stereocenters. The Hall–Kier alpha value is -2.78. The largest absolute Gasteiger partial charge is 0.480 e. The summed E-state index contributed by atoms with van der Waals surface area (Å²) < 4.78 is 0. The minimum Gasteiger partial charge on any atom is -0.480 e. The van der Waals surface area contributed by atoms with Crippen LogP contribution in [0.2, 0.25) is 0 Å². The fourth-order valence-electron chi connectivity index (χ4n) is 2.17. The molecule has 0 aromatic carbocycles. The average Bonchev–Trinajstić information content (AvgIpc) is 2.86. The highest BCUT2D eigenvalue weighted by molar-refractivity contribution is 5.80. The van der Waals surface area contributed by atoms with Gasteiger partial charge in [0.15, 0.2) is 0 Å². The standard InChI is InChI=1S/C10H10N4O6/c15-10(16)7-2-1-3-12(7)9-8(14(19)20)4-6(5-11-9)13(17)18/h4-5,7H,1-3H2,(H,15,16). The van der Waals surface area contributed by atoms with E-state index in [9.17, 15) is 25.0 Å². The molecule has 1 aliphatic heterocycles. The van der Waals surface area contributed by atoms with Crippen LogP contribution in [0.15, 0.2) is 12.3 Å². The van der Waals surface area contributed by atoms with Crippen molar-refractivity contribution in [2.75, 3.05) is 11.4 Å². The number of carbonyl (C=O) groups is 1. The molecular weight excluding hydrogens is 272 g/mol. The second kappa shape index (κ2) is 5.07. The number of nitrogens with zero attached hydrogens (tertiary/aromatic N) is 4. The molecule has 10 heteroatoms. The van der Waals surface area contributed by atoms with Gasteiger partial charge in [-0.05, 0) is 12.8 Å². The van der Waals surface area contributed by atoms with Crippen molar-refractivity contribution in [3.63, 3.8) is 0 Å². The minimum atomic E-state index is -1.10. The van der Waals surface area contributed by atoms with Crippen molar-refractivity contribution in [2.24, 2.45) is 0 Å². The molecule has 1 aliphatic rings. The van der Waals surface area contributed by atoms with Crippen molar-refractivity contribution in [2.45, 2.75) is 18.9 Å². The van der Waals surface area contributed by atoms with Crippen LogP contribution in [-0.4, -0.2) is 38.5 Å². The number of rotatable bonds is 4. The van der Waals surface area contributed by atoms with Crippen LogP contribution in [0.3, 0.4) is 0 Å². The first-order valence-corrected chi connectivity index (χ1v) is 5.70. The van der Waals surface area contributed by atoms with Crippen LogP contribution in [0.4, 0.5) is 17.2 Å². The van der Waals surface area contributed by atoms with Gasteiger partial charge in [0.2, 0.25) is 5.82 Å². The minimum absolute atomic E-state index is 0.148. The Morgan fingerprint density at radius 3 is 2.65 bits per heavy atom. The molecule has 1 N–H and O–H groups in total. The molecule has 0 bridgehead atoms. The Kier molecular flexibility index (Phi) is 3.46. The van der Waals surface area contributed by atoms with Gasteiger partial charge in [0.1, 0.15) is 12.2 Å². The van der Waals surface area contributed by atoms with Crippen molar-refractivity contribution >= 4 is 23.2 Å². The molecular formula is C10H10N4O6. The number of aromatic nitrogens is 1. The maximum atomic E-state index is 11.1. The van der Waals surface area contributed by atoms with Gasteiger partial charge < -0.3 is 10.0 Å². The average molecular weight is 282 g/mol. The molecule has 1 fully saturated rings. The van der Waals surface area contributed by atoms with E-state index >= 15 is 0 Å². The summed E-state index contributed by atoms with van der Waals surface area (Å²) in [7, 11) is 0. The fraction of sp³-hybridized carbons (Fsp3) is 0.400. The van der Waals surface area contributed by atoms with Crippen LogP contribution in [-0.2, 0) is 4.79 Å². The fourth-order valence-corrected chi connectivity index (χ4v) is 2.17. The number of hydrogen-bond donors (Lipinski definition) is 1. The summed E-state index contributed by atoms with van der Waals surface area (Å²) in [5.41, 5.74) is -1.07. The van der Waals surface area contributed by atoms with E-state index in [1.807, 2.05) is 0 Å². The molecule has 106 valence electrons. The molecule has 2 heterocycles. The van der Waals surface area contributed by atoms with Crippen LogP contribution in [0.1, 0.15) is 12.8 Å². The molecule has 0 aliphatic carbocycles. The Balaban J connectivity index is 2.48. The van der Waals surface area contributed by atoms with Gasteiger partial charge in [-0.1, -0.05) is 0 Å². The Morgan fingerprint density at radius 1 is 1.40 bits per heavy atom. The van der Waals surface area contributed by atoms with E-state index < -0.39 is 33.2 Å². The molecule has 2 rings (SSSR count). The van der Waals surface area contributed by atoms with Crippen molar-refractivity contribution in [1.82, 2.24) is 4.98 Å². The third kappa shape index (κ3) is 2.35. The lowest BCUT2D eigenvalue weighted by Gasteiger charge is -2.21. The maximum absolute atomic E-state index is 11.1. The Bertz CT molecular complexity index is 589. The van der Waals surface area contributed by atoms with Crippen LogP contribution < -0.4 is 4.90 Å². The van der Waals surface area contributed by atoms with E-state index in [1.54, 1.807) is 0 Å². The molecule has 1 saturated heterocycles. The zero-order valence-electron chi connectivity index (χ0n) is 10.1. The maximum Gasteiger partial charge on any atom is 0.326 e. The third-order valence-corrected chi connectivity index (χ3v) is 3.05. The van der Waals surface area contributed by atoms with Crippen molar-refractivity contribution in [3.05, 3.63) is 32.5 Å². The number of nitro groups is 2. The summed E-state index contributed by atoms with van der Waals surface area (Å²) in [5, 5.41) is 30.7. The molecule has 0 amide bonds. The highest BCUT2D eigenvalue weighted by Gasteiger charge is 2.36. The summed E-state index contributed by atoms with van der Waals surface area (Å²) in [6.45, 7) is 0.308. The first kappa shape index (κ1) is 13.6. The van der Waals surface area contributed by atoms with Gasteiger partial charge in [0.25, 0.3) is 5.69 Å². The molecule has 1 aromatic heterocycles. The molecule has 0 spiro atoms. The van der Waals surface area contributed by atoms with Gasteiger partial charge in [-0.15, -0.1) is 0 Å². The van der Waals surface area contributed by atoms with E-state index in [-0.39, 0.29) is 5.82 Å². The van der Waals surface area contributed by atoms with Gasteiger partial charge in [-0.25, -0.2) is 9.78 Å². The van der Waals surface area contributed by atoms with Gasteiger partial charge in [-0.3, -0.25) is 20.2 Å². The second-order valence-corrected chi connectivity index (χ2v) is 4.24. The molecule has 20 heavy (non-hydrogen) atoms. The second-order valence-electron chi connectivity index (χ2n) is 4.24. The molecule has 1 aromatic rings. The zero-order valence-corrected chi connectivity index (χ0v) is 10.1. The third-order valence-electron chi connectivity index (χ3n) is 3.05. The highest BCUT2D eigenvalue weighted by Crippen LogP contribution is 2.33. The van der Waals surface area contributed by atoms with E-state index in [0.717, 1.165) is 12.3 Å². The van der Waals surface area contributed by atoms with Crippen LogP contribution >= 0.6 is 0 Å². The van der Waals surface area contributed by atoms with Crippen LogP contribution in [0.25, 0.3) is 0 Å². The lowest BCUT2D eigenvalue weighted by Crippen LogP contribution is -2.36. The smallest absolute Gasteiger partial charge is 0.326 e. The predicted octanol–water partition coefficient (Wildman–Crippen LogP) is 0.951. The molecule has 10 nitrogen and oxygen atoms in total. The van der Waals surface area contributed by atoms with Gasteiger partial charge >= 0.3 is 11.7 Å². The number of anilines is 1. The molecule has 0 saturated carbocycles. The monoisotopic (exact) mass is 282 g/mol. The summed E-state index contributed by atoms with van der Waals surface area (Å²) in [6.07, 6.45) is 1.80. The van der Waals surface area contributed by atoms with Gasteiger partial charge in [0.05, 0.1) is 15.9 Å². The number of hydrogen-bond acceptors (Lipinski definition) is 7. The van der Waals surface area contributed by atoms with Crippen molar-refractivity contribution in [3.8, 4) is 0 Å². The normalized spacial score (nSPS) is 18.0. The van der Waals surface area contributed by atoms with Gasteiger partial charge in [-0.2, -0.15) is 0 Å². The van der Waals surface area contributed by atoms with E-state index in [1.165, 1.54) is 4.90 Å². The van der Waals surface area contributed by atoms with E-state index in [4.69, 9.17) is 5.11 Å². The molecule has 1 atom stereocenters. The highest BCUT2D eigenvalue weighted by atomic mass is 16.6. The van der Waals surface area contributed by atoms with E-state index in [0.29, 0.717) is 19.4 Å². The molecule has 0 radical (unpaired) electrons. The summed E-state index contributed by atoms with van der Waals surface area (Å²) in [5.74, 6) is -1.25.